The maximum Gasteiger partial charge on any atom is 0.416 e. The SMILES string of the molecule is CCOC(=O)C(C)Oc1cccc(Cc2c(C)n(C)c3cc(C(=O)N[C@@H](C)c4cccc(C(F)(F)F)c4)ccc23)c1. The number of aryl methyl sites for hydroxylation is 1. The van der Waals surface area contributed by atoms with E-state index in [-0.39, 0.29) is 12.5 Å². The zero-order valence-electron chi connectivity index (χ0n) is 23.6. The average Bonchev–Trinajstić information content (AvgIpc) is 3.17. The molecule has 3 aromatic carbocycles. The van der Waals surface area contributed by atoms with Gasteiger partial charge in [0.15, 0.2) is 6.10 Å². The molecule has 0 fully saturated rings. The molecule has 41 heavy (non-hydrogen) atoms. The maximum absolute atomic E-state index is 13.1. The van der Waals surface area contributed by atoms with Crippen LogP contribution in [0.3, 0.4) is 0 Å². The fraction of sp³-hybridized carbons (Fsp3) is 0.312. The predicted octanol–water partition coefficient (Wildman–Crippen LogP) is 6.92. The van der Waals surface area contributed by atoms with E-state index in [4.69, 9.17) is 9.47 Å². The van der Waals surface area contributed by atoms with Gasteiger partial charge in [0.2, 0.25) is 0 Å². The minimum Gasteiger partial charge on any atom is -0.479 e. The normalized spacial score (nSPS) is 13.1. The van der Waals surface area contributed by atoms with Gasteiger partial charge in [0, 0.05) is 29.2 Å². The molecule has 1 heterocycles. The first-order chi connectivity index (χ1) is 19.4. The summed E-state index contributed by atoms with van der Waals surface area (Å²) in [6.45, 7) is 7.34. The number of rotatable bonds is 9. The van der Waals surface area contributed by atoms with Gasteiger partial charge in [-0.25, -0.2) is 4.79 Å². The molecule has 0 saturated heterocycles. The van der Waals surface area contributed by atoms with Crippen LogP contribution >= 0.6 is 0 Å². The highest BCUT2D eigenvalue weighted by Crippen LogP contribution is 2.32. The molecule has 0 aliphatic heterocycles. The number of amides is 1. The van der Waals surface area contributed by atoms with Gasteiger partial charge in [0.25, 0.3) is 5.91 Å². The molecule has 1 aromatic heterocycles. The third kappa shape index (κ3) is 6.73. The lowest BCUT2D eigenvalue weighted by Crippen LogP contribution is -2.26. The Hall–Kier alpha value is -4.27. The Morgan fingerprint density at radius 3 is 2.44 bits per heavy atom. The molecule has 0 radical (unpaired) electrons. The fourth-order valence-electron chi connectivity index (χ4n) is 4.80. The molecule has 0 spiro atoms. The molecule has 0 aliphatic rings. The third-order valence-corrected chi connectivity index (χ3v) is 7.16. The van der Waals surface area contributed by atoms with Gasteiger partial charge < -0.3 is 19.4 Å². The summed E-state index contributed by atoms with van der Waals surface area (Å²) in [7, 11) is 1.93. The van der Waals surface area contributed by atoms with E-state index in [9.17, 15) is 22.8 Å². The van der Waals surface area contributed by atoms with Crippen LogP contribution < -0.4 is 10.1 Å². The van der Waals surface area contributed by atoms with Crippen molar-refractivity contribution >= 4 is 22.8 Å². The van der Waals surface area contributed by atoms with Gasteiger partial charge in [-0.05, 0) is 87.2 Å². The predicted molar refractivity (Wildman–Crippen MR) is 151 cm³/mol. The van der Waals surface area contributed by atoms with Crippen LogP contribution in [0.2, 0.25) is 0 Å². The van der Waals surface area contributed by atoms with Crippen LogP contribution in [-0.4, -0.2) is 29.2 Å². The van der Waals surface area contributed by atoms with E-state index in [1.54, 1.807) is 45.0 Å². The molecule has 0 bridgehead atoms. The summed E-state index contributed by atoms with van der Waals surface area (Å²) in [5.41, 5.74) is 3.99. The van der Waals surface area contributed by atoms with Crippen molar-refractivity contribution in [2.75, 3.05) is 6.61 Å². The first-order valence-electron chi connectivity index (χ1n) is 13.4. The summed E-state index contributed by atoms with van der Waals surface area (Å²) in [6, 6.07) is 17.3. The van der Waals surface area contributed by atoms with Gasteiger partial charge in [0.1, 0.15) is 5.75 Å². The van der Waals surface area contributed by atoms with E-state index < -0.39 is 29.9 Å². The number of ether oxygens (including phenoxy) is 2. The molecular formula is C32H33F3N2O4. The highest BCUT2D eigenvalue weighted by Gasteiger charge is 2.31. The molecule has 0 aliphatic carbocycles. The van der Waals surface area contributed by atoms with Crippen molar-refractivity contribution in [1.82, 2.24) is 9.88 Å². The number of esters is 1. The molecule has 1 amide bonds. The molecule has 1 N–H and O–H groups in total. The summed E-state index contributed by atoms with van der Waals surface area (Å²) in [6.07, 6.45) is -4.58. The van der Waals surface area contributed by atoms with Crippen LogP contribution in [0.15, 0.2) is 66.7 Å². The third-order valence-electron chi connectivity index (χ3n) is 7.16. The number of hydrogen-bond acceptors (Lipinski definition) is 4. The quantitative estimate of drug-likeness (QED) is 0.223. The summed E-state index contributed by atoms with van der Waals surface area (Å²) < 4.78 is 52.2. The Bertz CT molecular complexity index is 1580. The van der Waals surface area contributed by atoms with Gasteiger partial charge in [-0.15, -0.1) is 0 Å². The molecule has 2 atom stereocenters. The van der Waals surface area contributed by atoms with Crippen LogP contribution in [0.1, 0.15) is 65.1 Å². The second kappa shape index (κ2) is 12.1. The van der Waals surface area contributed by atoms with E-state index >= 15 is 0 Å². The van der Waals surface area contributed by atoms with E-state index in [2.05, 4.69) is 5.32 Å². The standard InChI is InChI=1S/C32H33F3N2O4/c1-6-40-31(39)21(4)41-26-12-7-9-22(15-26)16-28-20(3)37(5)29-18-24(13-14-27(28)29)30(38)36-19(2)23-10-8-11-25(17-23)32(33,34)35/h7-15,17-19,21H,6,16H2,1-5H3,(H,36,38)/t19-,21?/m0/s1. The summed E-state index contributed by atoms with van der Waals surface area (Å²) >= 11 is 0. The maximum atomic E-state index is 13.1. The Kier molecular flexibility index (Phi) is 8.75. The number of alkyl halides is 3. The first-order valence-corrected chi connectivity index (χ1v) is 13.4. The van der Waals surface area contributed by atoms with Crippen molar-refractivity contribution in [2.24, 2.45) is 7.05 Å². The minimum absolute atomic E-state index is 0.283. The van der Waals surface area contributed by atoms with E-state index in [1.807, 2.05) is 42.8 Å². The van der Waals surface area contributed by atoms with Crippen molar-refractivity contribution in [3.05, 3.63) is 100 Å². The summed E-state index contributed by atoms with van der Waals surface area (Å²) in [4.78, 5) is 25.0. The van der Waals surface area contributed by atoms with Crippen LogP contribution in [-0.2, 0) is 29.2 Å². The van der Waals surface area contributed by atoms with Gasteiger partial charge in [0.05, 0.1) is 18.2 Å². The van der Waals surface area contributed by atoms with Gasteiger partial charge in [-0.2, -0.15) is 13.2 Å². The lowest BCUT2D eigenvalue weighted by molar-refractivity contribution is -0.150. The van der Waals surface area contributed by atoms with Crippen LogP contribution in [0, 0.1) is 6.92 Å². The average molecular weight is 567 g/mol. The van der Waals surface area contributed by atoms with Crippen molar-refractivity contribution in [3.63, 3.8) is 0 Å². The molecular weight excluding hydrogens is 533 g/mol. The van der Waals surface area contributed by atoms with Gasteiger partial charge in [-0.3, -0.25) is 4.79 Å². The number of nitrogens with one attached hydrogen (secondary N) is 1. The summed E-state index contributed by atoms with van der Waals surface area (Å²) in [5.74, 6) is -0.237. The molecule has 4 aromatic rings. The molecule has 0 saturated carbocycles. The largest absolute Gasteiger partial charge is 0.479 e. The first kappa shape index (κ1) is 29.7. The van der Waals surface area contributed by atoms with Gasteiger partial charge in [-0.1, -0.05) is 30.3 Å². The van der Waals surface area contributed by atoms with Crippen LogP contribution in [0.5, 0.6) is 5.75 Å². The monoisotopic (exact) mass is 566 g/mol. The molecule has 216 valence electrons. The number of carbonyl (C=O) groups is 2. The smallest absolute Gasteiger partial charge is 0.416 e. The molecule has 4 rings (SSSR count). The Morgan fingerprint density at radius 2 is 1.73 bits per heavy atom. The number of nitrogens with zero attached hydrogens (tertiary/aromatic N) is 1. The van der Waals surface area contributed by atoms with Crippen LogP contribution in [0.25, 0.3) is 10.9 Å². The highest BCUT2D eigenvalue weighted by molar-refractivity contribution is 5.99. The topological polar surface area (TPSA) is 69.6 Å². The van der Waals surface area contributed by atoms with Crippen molar-refractivity contribution in [3.8, 4) is 5.75 Å². The number of hydrogen-bond donors (Lipinski definition) is 1. The Morgan fingerprint density at radius 1 is 1.00 bits per heavy atom. The number of carbonyl (C=O) groups excluding carboxylic acids is 2. The molecule has 1 unspecified atom stereocenters. The second-order valence-corrected chi connectivity index (χ2v) is 10.0. The fourth-order valence-corrected chi connectivity index (χ4v) is 4.80. The zero-order valence-corrected chi connectivity index (χ0v) is 23.6. The second-order valence-electron chi connectivity index (χ2n) is 10.0. The lowest BCUT2D eigenvalue weighted by Gasteiger charge is -2.16. The van der Waals surface area contributed by atoms with Crippen LogP contribution in [0.4, 0.5) is 13.2 Å². The highest BCUT2D eigenvalue weighted by atomic mass is 19.4. The number of halogens is 3. The van der Waals surface area contributed by atoms with Crippen molar-refractivity contribution in [1.29, 1.82) is 0 Å². The van der Waals surface area contributed by atoms with E-state index in [0.29, 0.717) is 23.3 Å². The number of aromatic nitrogens is 1. The Balaban J connectivity index is 1.53. The van der Waals surface area contributed by atoms with E-state index in [1.165, 1.54) is 6.07 Å². The van der Waals surface area contributed by atoms with E-state index in [0.717, 1.165) is 39.9 Å². The molecule has 9 heteroatoms. The number of benzene rings is 3. The lowest BCUT2D eigenvalue weighted by atomic mass is 10.0. The van der Waals surface area contributed by atoms with Crippen molar-refractivity contribution < 1.29 is 32.2 Å². The minimum atomic E-state index is -4.46. The number of fused-ring (bicyclic) bond motifs is 1. The zero-order chi connectivity index (χ0) is 29.9. The Labute approximate surface area is 237 Å². The van der Waals surface area contributed by atoms with Gasteiger partial charge >= 0.3 is 12.1 Å². The van der Waals surface area contributed by atoms with Crippen molar-refractivity contribution in [2.45, 2.75) is 52.4 Å². The molecule has 6 nitrogen and oxygen atoms in total. The summed E-state index contributed by atoms with van der Waals surface area (Å²) in [5, 5.41) is 3.80.